The van der Waals surface area contributed by atoms with Gasteiger partial charge in [-0.15, -0.1) is 0 Å². The maximum atomic E-state index is 6.11. The Bertz CT molecular complexity index is 679. The van der Waals surface area contributed by atoms with Crippen molar-refractivity contribution < 1.29 is 9.47 Å². The molecule has 6 heteroatoms. The second kappa shape index (κ2) is 7.11. The Kier molecular flexibility index (Phi) is 5.45. The van der Waals surface area contributed by atoms with E-state index in [2.05, 4.69) is 15.9 Å². The zero-order valence-corrected chi connectivity index (χ0v) is 14.4. The van der Waals surface area contributed by atoms with E-state index >= 15 is 0 Å². The summed E-state index contributed by atoms with van der Waals surface area (Å²) in [6.45, 7) is 0.362. The molecule has 0 heterocycles. The largest absolute Gasteiger partial charge is 0.496 e. The Balaban J connectivity index is 2.16. The zero-order valence-electron chi connectivity index (χ0n) is 11.2. The van der Waals surface area contributed by atoms with Crippen LogP contribution in [0.15, 0.2) is 40.9 Å². The lowest BCUT2D eigenvalue weighted by Crippen LogP contribution is -2.12. The second-order valence-electron chi connectivity index (χ2n) is 4.26. The second-order valence-corrected chi connectivity index (χ2v) is 6.03. The first-order valence-corrected chi connectivity index (χ1v) is 7.63. The number of hydrogen-bond acceptors (Lipinski definition) is 3. The first-order valence-electron chi connectivity index (χ1n) is 6.06. The molecule has 2 aromatic carbocycles. The van der Waals surface area contributed by atoms with E-state index in [0.717, 1.165) is 10.0 Å². The minimum atomic E-state index is 0.287. The van der Waals surface area contributed by atoms with Gasteiger partial charge in [0.1, 0.15) is 23.1 Å². The normalized spacial score (nSPS) is 10.2. The van der Waals surface area contributed by atoms with Gasteiger partial charge in [0.2, 0.25) is 0 Å². The van der Waals surface area contributed by atoms with E-state index in [0.29, 0.717) is 28.7 Å². The molecule has 0 fully saturated rings. The third kappa shape index (κ3) is 4.09. The summed E-state index contributed by atoms with van der Waals surface area (Å²) in [5.74, 6) is 1.26. The summed E-state index contributed by atoms with van der Waals surface area (Å²) in [6.07, 6.45) is 0. The number of thiocarbonyl (C=S) groups is 1. The van der Waals surface area contributed by atoms with Crippen molar-refractivity contribution in [3.05, 3.63) is 57.0 Å². The summed E-state index contributed by atoms with van der Waals surface area (Å²) in [5.41, 5.74) is 7.31. The van der Waals surface area contributed by atoms with Gasteiger partial charge in [0.05, 0.1) is 17.7 Å². The molecule has 21 heavy (non-hydrogen) atoms. The molecule has 0 aromatic heterocycles. The van der Waals surface area contributed by atoms with E-state index < -0.39 is 0 Å². The predicted octanol–water partition coefficient (Wildman–Crippen LogP) is 4.32. The zero-order chi connectivity index (χ0) is 15.4. The first-order chi connectivity index (χ1) is 10.0. The fourth-order valence-electron chi connectivity index (χ4n) is 1.79. The lowest BCUT2D eigenvalue weighted by Gasteiger charge is -2.11. The lowest BCUT2D eigenvalue weighted by atomic mass is 10.1. The molecular weight excluding hydrogens is 374 g/mol. The maximum absolute atomic E-state index is 6.11. The van der Waals surface area contributed by atoms with Gasteiger partial charge in [-0.3, -0.25) is 0 Å². The molecule has 2 aromatic rings. The average Bonchev–Trinajstić information content (AvgIpc) is 2.46. The van der Waals surface area contributed by atoms with Crippen LogP contribution in [0.2, 0.25) is 5.02 Å². The van der Waals surface area contributed by atoms with Crippen LogP contribution in [0.1, 0.15) is 11.1 Å². The van der Waals surface area contributed by atoms with Crippen molar-refractivity contribution in [3.63, 3.8) is 0 Å². The molecule has 0 atom stereocenters. The maximum Gasteiger partial charge on any atom is 0.138 e. The highest BCUT2D eigenvalue weighted by atomic mass is 79.9. The topological polar surface area (TPSA) is 44.5 Å². The third-order valence-corrected chi connectivity index (χ3v) is 3.83. The fourth-order valence-corrected chi connectivity index (χ4v) is 2.68. The molecule has 0 saturated heterocycles. The van der Waals surface area contributed by atoms with Crippen LogP contribution in [0.4, 0.5) is 0 Å². The Labute approximate surface area is 142 Å². The van der Waals surface area contributed by atoms with Crippen LogP contribution >= 0.6 is 39.7 Å². The number of methoxy groups -OCH3 is 1. The number of nitrogens with two attached hydrogens (primary N) is 1. The van der Waals surface area contributed by atoms with Crippen LogP contribution in [-0.4, -0.2) is 12.1 Å². The van der Waals surface area contributed by atoms with Gasteiger partial charge >= 0.3 is 0 Å². The van der Waals surface area contributed by atoms with Crippen molar-refractivity contribution >= 4 is 44.7 Å². The minimum Gasteiger partial charge on any atom is -0.496 e. The van der Waals surface area contributed by atoms with Crippen molar-refractivity contribution in [2.45, 2.75) is 6.61 Å². The number of halogens is 2. The Hall–Kier alpha value is -1.30. The van der Waals surface area contributed by atoms with Gasteiger partial charge in [-0.1, -0.05) is 45.8 Å². The van der Waals surface area contributed by atoms with Crippen LogP contribution in [0.3, 0.4) is 0 Å². The molecule has 0 saturated carbocycles. The highest BCUT2D eigenvalue weighted by Gasteiger charge is 2.08. The van der Waals surface area contributed by atoms with Gasteiger partial charge in [0.25, 0.3) is 0 Å². The number of rotatable bonds is 5. The van der Waals surface area contributed by atoms with Gasteiger partial charge < -0.3 is 15.2 Å². The van der Waals surface area contributed by atoms with Gasteiger partial charge in [0.15, 0.2) is 0 Å². The number of ether oxygens (including phenoxy) is 2. The first kappa shape index (κ1) is 16.1. The van der Waals surface area contributed by atoms with Gasteiger partial charge in [-0.25, -0.2) is 0 Å². The Morgan fingerprint density at radius 1 is 1.24 bits per heavy atom. The summed E-state index contributed by atoms with van der Waals surface area (Å²) in [7, 11) is 1.58. The number of benzene rings is 2. The van der Waals surface area contributed by atoms with E-state index in [4.69, 9.17) is 39.0 Å². The molecule has 2 N–H and O–H groups in total. The molecule has 2 rings (SSSR count). The van der Waals surface area contributed by atoms with Crippen LogP contribution < -0.4 is 15.2 Å². The summed E-state index contributed by atoms with van der Waals surface area (Å²) in [4.78, 5) is 0.287. The van der Waals surface area contributed by atoms with E-state index in [1.165, 1.54) is 0 Å². The van der Waals surface area contributed by atoms with Crippen LogP contribution in [0, 0.1) is 0 Å². The van der Waals surface area contributed by atoms with Gasteiger partial charge in [-0.2, -0.15) is 0 Å². The molecular formula is C15H13BrClNO2S. The van der Waals surface area contributed by atoms with Crippen molar-refractivity contribution in [2.24, 2.45) is 5.73 Å². The highest BCUT2D eigenvalue weighted by Crippen LogP contribution is 2.29. The fraction of sp³-hybridized carbons (Fsp3) is 0.133. The summed E-state index contributed by atoms with van der Waals surface area (Å²) in [6, 6.07) is 11.0. The van der Waals surface area contributed by atoms with Crippen molar-refractivity contribution in [1.82, 2.24) is 0 Å². The standard InChI is InChI=1S/C15H13BrClNO2S/c1-19-13-4-2-9(6-11(13)15(18)21)8-20-14-5-3-10(16)7-12(14)17/h2-7H,8H2,1H3,(H2,18,21). The highest BCUT2D eigenvalue weighted by molar-refractivity contribution is 9.10. The molecule has 0 aliphatic heterocycles. The van der Waals surface area contributed by atoms with E-state index in [1.807, 2.05) is 30.3 Å². The van der Waals surface area contributed by atoms with Crippen molar-refractivity contribution in [2.75, 3.05) is 7.11 Å². The molecule has 0 bridgehead atoms. The average molecular weight is 387 g/mol. The Morgan fingerprint density at radius 3 is 2.57 bits per heavy atom. The van der Waals surface area contributed by atoms with Crippen molar-refractivity contribution in [3.8, 4) is 11.5 Å². The predicted molar refractivity (Wildman–Crippen MR) is 92.4 cm³/mol. The molecule has 0 aliphatic rings. The smallest absolute Gasteiger partial charge is 0.138 e. The summed E-state index contributed by atoms with van der Waals surface area (Å²) in [5, 5.41) is 0.549. The molecule has 0 amide bonds. The van der Waals surface area contributed by atoms with Crippen LogP contribution in [-0.2, 0) is 6.61 Å². The molecule has 0 unspecified atom stereocenters. The SMILES string of the molecule is COc1ccc(COc2ccc(Br)cc2Cl)cc1C(N)=S. The van der Waals surface area contributed by atoms with Crippen LogP contribution in [0.5, 0.6) is 11.5 Å². The third-order valence-electron chi connectivity index (χ3n) is 2.82. The minimum absolute atomic E-state index is 0.287. The van der Waals surface area contributed by atoms with E-state index in [-0.39, 0.29) is 4.99 Å². The van der Waals surface area contributed by atoms with E-state index in [1.54, 1.807) is 13.2 Å². The molecule has 0 radical (unpaired) electrons. The monoisotopic (exact) mass is 385 g/mol. The van der Waals surface area contributed by atoms with E-state index in [9.17, 15) is 0 Å². The Morgan fingerprint density at radius 2 is 1.95 bits per heavy atom. The molecule has 0 aliphatic carbocycles. The van der Waals surface area contributed by atoms with Gasteiger partial charge in [0, 0.05) is 4.47 Å². The van der Waals surface area contributed by atoms with Crippen molar-refractivity contribution in [1.29, 1.82) is 0 Å². The quantitative estimate of drug-likeness (QED) is 0.777. The summed E-state index contributed by atoms with van der Waals surface area (Å²) < 4.78 is 11.8. The van der Waals surface area contributed by atoms with Crippen LogP contribution in [0.25, 0.3) is 0 Å². The molecule has 110 valence electrons. The lowest BCUT2D eigenvalue weighted by molar-refractivity contribution is 0.306. The number of hydrogen-bond donors (Lipinski definition) is 1. The van der Waals surface area contributed by atoms with Gasteiger partial charge in [-0.05, 0) is 35.9 Å². The summed E-state index contributed by atoms with van der Waals surface area (Å²) >= 11 is 14.5. The molecule has 0 spiro atoms. The molecule has 3 nitrogen and oxygen atoms in total.